The highest BCUT2D eigenvalue weighted by Gasteiger charge is 2.37. The molecule has 3 aromatic rings. The molecule has 4 heteroatoms. The first kappa shape index (κ1) is 17.3. The van der Waals surface area contributed by atoms with Crippen LogP contribution in [0.3, 0.4) is 0 Å². The summed E-state index contributed by atoms with van der Waals surface area (Å²) in [7, 11) is 3.19. The molecule has 0 radical (unpaired) electrons. The van der Waals surface area contributed by atoms with Crippen molar-refractivity contribution in [3.8, 4) is 23.0 Å². The Balaban J connectivity index is 1.83. The van der Waals surface area contributed by atoms with Crippen molar-refractivity contribution in [2.45, 2.75) is 18.9 Å². The zero-order valence-electron chi connectivity index (χ0n) is 15.6. The number of methoxy groups -OCH3 is 2. The fourth-order valence-electron chi connectivity index (χ4n) is 3.62. The lowest BCUT2D eigenvalue weighted by Crippen LogP contribution is -2.11. The fraction of sp³-hybridized carbons (Fsp3) is 0.217. The highest BCUT2D eigenvalue weighted by molar-refractivity contribution is 5.57. The maximum absolute atomic E-state index is 10.3. The van der Waals surface area contributed by atoms with E-state index in [-0.39, 0.29) is 17.8 Å². The van der Waals surface area contributed by atoms with Crippen molar-refractivity contribution in [2.24, 2.45) is 0 Å². The molecule has 0 fully saturated rings. The van der Waals surface area contributed by atoms with E-state index in [1.165, 1.54) is 12.7 Å². The largest absolute Gasteiger partial charge is 0.504 e. The van der Waals surface area contributed by atoms with Crippen molar-refractivity contribution in [3.63, 3.8) is 0 Å². The summed E-state index contributed by atoms with van der Waals surface area (Å²) in [6.07, 6.45) is -0.194. The van der Waals surface area contributed by atoms with Crippen molar-refractivity contribution >= 4 is 0 Å². The maximum atomic E-state index is 10.3. The van der Waals surface area contributed by atoms with Gasteiger partial charge < -0.3 is 19.3 Å². The predicted molar refractivity (Wildman–Crippen MR) is 104 cm³/mol. The number of hydrogen-bond donors (Lipinski definition) is 1. The Kier molecular flexibility index (Phi) is 4.40. The lowest BCUT2D eigenvalue weighted by Gasteiger charge is -2.20. The quantitative estimate of drug-likeness (QED) is 0.711. The van der Waals surface area contributed by atoms with Crippen LogP contribution in [0.4, 0.5) is 0 Å². The topological polar surface area (TPSA) is 47.9 Å². The monoisotopic (exact) mass is 362 g/mol. The van der Waals surface area contributed by atoms with Gasteiger partial charge in [0.05, 0.1) is 20.1 Å². The molecule has 0 aromatic heterocycles. The maximum Gasteiger partial charge on any atom is 0.164 e. The van der Waals surface area contributed by atoms with Crippen molar-refractivity contribution in [2.75, 3.05) is 14.2 Å². The second-order valence-electron chi connectivity index (χ2n) is 6.76. The van der Waals surface area contributed by atoms with Gasteiger partial charge in [0, 0.05) is 11.6 Å². The van der Waals surface area contributed by atoms with E-state index in [4.69, 9.17) is 14.2 Å². The Morgan fingerprint density at radius 3 is 2.15 bits per heavy atom. The zero-order chi connectivity index (χ0) is 19.0. The van der Waals surface area contributed by atoms with E-state index < -0.39 is 0 Å². The Hall–Kier alpha value is -3.14. The summed E-state index contributed by atoms with van der Waals surface area (Å²) in [5.74, 6) is 2.04. The Labute approximate surface area is 158 Å². The summed E-state index contributed by atoms with van der Waals surface area (Å²) in [5, 5.41) is 10.3. The van der Waals surface area contributed by atoms with Crippen LogP contribution in [0.25, 0.3) is 0 Å². The number of benzene rings is 3. The van der Waals surface area contributed by atoms with Gasteiger partial charge in [0.15, 0.2) is 11.5 Å². The van der Waals surface area contributed by atoms with Gasteiger partial charge in [0.2, 0.25) is 0 Å². The van der Waals surface area contributed by atoms with Crippen LogP contribution < -0.4 is 14.2 Å². The average Bonchev–Trinajstić information content (AvgIpc) is 3.06. The molecule has 1 N–H and O–H groups in total. The van der Waals surface area contributed by atoms with E-state index in [1.807, 2.05) is 24.3 Å². The van der Waals surface area contributed by atoms with Crippen LogP contribution in [0.2, 0.25) is 0 Å². The standard InChI is InChI=1S/C23H22O4/c1-14-4-6-15(7-5-14)22-18-12-19(24)21(26-3)13-20(18)27-23(22)16-8-10-17(25-2)11-9-16/h4-13,22-24H,1-3H3/t22-,23+/m1/s1. The molecule has 0 spiro atoms. The number of ether oxygens (including phenoxy) is 3. The molecule has 0 aliphatic carbocycles. The first-order chi connectivity index (χ1) is 13.1. The van der Waals surface area contributed by atoms with Gasteiger partial charge in [-0.3, -0.25) is 0 Å². The van der Waals surface area contributed by atoms with Gasteiger partial charge in [-0.25, -0.2) is 0 Å². The number of phenols is 1. The number of fused-ring (bicyclic) bond motifs is 1. The van der Waals surface area contributed by atoms with E-state index >= 15 is 0 Å². The third kappa shape index (κ3) is 3.08. The summed E-state index contributed by atoms with van der Waals surface area (Å²) in [4.78, 5) is 0. The first-order valence-electron chi connectivity index (χ1n) is 8.88. The normalized spacial score (nSPS) is 17.9. The van der Waals surface area contributed by atoms with Crippen LogP contribution in [0, 0.1) is 6.92 Å². The van der Waals surface area contributed by atoms with Crippen LogP contribution in [-0.4, -0.2) is 19.3 Å². The zero-order valence-corrected chi connectivity index (χ0v) is 15.6. The van der Waals surface area contributed by atoms with Crippen molar-refractivity contribution < 1.29 is 19.3 Å². The minimum absolute atomic E-state index is 0.0224. The van der Waals surface area contributed by atoms with Gasteiger partial charge in [0.1, 0.15) is 17.6 Å². The van der Waals surface area contributed by atoms with Crippen LogP contribution in [0.1, 0.15) is 34.3 Å². The van der Waals surface area contributed by atoms with Crippen molar-refractivity contribution in [1.82, 2.24) is 0 Å². The molecule has 1 aliphatic heterocycles. The summed E-state index contributed by atoms with van der Waals surface area (Å²) >= 11 is 0. The van der Waals surface area contributed by atoms with Gasteiger partial charge in [-0.15, -0.1) is 0 Å². The number of rotatable bonds is 4. The molecule has 4 nitrogen and oxygen atoms in total. The van der Waals surface area contributed by atoms with E-state index in [1.54, 1.807) is 19.2 Å². The van der Waals surface area contributed by atoms with E-state index in [0.29, 0.717) is 5.75 Å². The smallest absolute Gasteiger partial charge is 0.164 e. The van der Waals surface area contributed by atoms with E-state index in [9.17, 15) is 5.11 Å². The van der Waals surface area contributed by atoms with Crippen LogP contribution in [-0.2, 0) is 0 Å². The number of aryl methyl sites for hydroxylation is 1. The van der Waals surface area contributed by atoms with E-state index in [0.717, 1.165) is 28.2 Å². The predicted octanol–water partition coefficient (Wildman–Crippen LogP) is 4.98. The van der Waals surface area contributed by atoms with Gasteiger partial charge in [-0.1, -0.05) is 42.0 Å². The molecule has 27 heavy (non-hydrogen) atoms. The summed E-state index contributed by atoms with van der Waals surface area (Å²) in [6.45, 7) is 2.07. The third-order valence-corrected chi connectivity index (χ3v) is 5.08. The molecule has 138 valence electrons. The number of hydrogen-bond acceptors (Lipinski definition) is 4. The summed E-state index contributed by atoms with van der Waals surface area (Å²) in [6, 6.07) is 19.9. The van der Waals surface area contributed by atoms with Gasteiger partial charge in [-0.05, 0) is 36.2 Å². The molecule has 0 saturated carbocycles. The first-order valence-corrected chi connectivity index (χ1v) is 8.88. The Morgan fingerprint density at radius 2 is 1.52 bits per heavy atom. The third-order valence-electron chi connectivity index (χ3n) is 5.08. The highest BCUT2D eigenvalue weighted by atomic mass is 16.5. The lowest BCUT2D eigenvalue weighted by molar-refractivity contribution is 0.221. The van der Waals surface area contributed by atoms with Crippen LogP contribution >= 0.6 is 0 Å². The van der Waals surface area contributed by atoms with Crippen LogP contribution in [0.15, 0.2) is 60.7 Å². The molecule has 0 bridgehead atoms. The SMILES string of the molecule is COc1ccc([C@@H]2Oc3cc(OC)c(O)cc3[C@H]2c2ccc(C)cc2)cc1. The number of phenolic OH excluding ortho intramolecular Hbond substituents is 1. The van der Waals surface area contributed by atoms with Crippen LogP contribution in [0.5, 0.6) is 23.0 Å². The summed E-state index contributed by atoms with van der Waals surface area (Å²) < 4.78 is 16.9. The van der Waals surface area contributed by atoms with Crippen molar-refractivity contribution in [1.29, 1.82) is 0 Å². The Morgan fingerprint density at radius 1 is 0.852 bits per heavy atom. The Bertz CT molecular complexity index is 945. The summed E-state index contributed by atoms with van der Waals surface area (Å²) in [5.41, 5.74) is 4.36. The second kappa shape index (κ2) is 6.88. The molecular formula is C23H22O4. The highest BCUT2D eigenvalue weighted by Crippen LogP contribution is 2.52. The van der Waals surface area contributed by atoms with E-state index in [2.05, 4.69) is 31.2 Å². The van der Waals surface area contributed by atoms with Gasteiger partial charge >= 0.3 is 0 Å². The lowest BCUT2D eigenvalue weighted by atomic mass is 9.85. The molecule has 2 atom stereocenters. The minimum atomic E-state index is -0.194. The minimum Gasteiger partial charge on any atom is -0.504 e. The molecule has 0 saturated heterocycles. The molecule has 0 amide bonds. The number of aromatic hydroxyl groups is 1. The fourth-order valence-corrected chi connectivity index (χ4v) is 3.62. The molecular weight excluding hydrogens is 340 g/mol. The molecule has 0 unspecified atom stereocenters. The molecule has 1 aliphatic rings. The second-order valence-corrected chi connectivity index (χ2v) is 6.76. The van der Waals surface area contributed by atoms with Crippen molar-refractivity contribution in [3.05, 3.63) is 82.9 Å². The molecule has 4 rings (SSSR count). The molecule has 3 aromatic carbocycles. The molecule has 1 heterocycles. The van der Waals surface area contributed by atoms with Gasteiger partial charge in [0.25, 0.3) is 0 Å². The van der Waals surface area contributed by atoms with Gasteiger partial charge in [-0.2, -0.15) is 0 Å². The average molecular weight is 362 g/mol.